The minimum absolute atomic E-state index is 0.0828. The summed E-state index contributed by atoms with van der Waals surface area (Å²) in [4.78, 5) is 30.0. The SMILES string of the molecule is CCc1cc(N2CCC(N3CCC[C@H]3C(N)=O)CC2)nc(-c2ccncc2)n1. The molecule has 2 aliphatic rings. The Balaban J connectivity index is 1.49. The number of aryl methyl sites for hydroxylation is 1. The molecule has 7 nitrogen and oxygen atoms in total. The zero-order chi connectivity index (χ0) is 19.5. The zero-order valence-corrected chi connectivity index (χ0v) is 16.4. The molecule has 0 bridgehead atoms. The molecular formula is C21H28N6O. The van der Waals surface area contributed by atoms with Crippen LogP contribution >= 0.6 is 0 Å². The van der Waals surface area contributed by atoms with E-state index in [1.54, 1.807) is 12.4 Å². The lowest BCUT2D eigenvalue weighted by atomic mass is 10.0. The van der Waals surface area contributed by atoms with Crippen molar-refractivity contribution in [1.82, 2.24) is 19.9 Å². The average Bonchev–Trinajstić information content (AvgIpc) is 3.24. The molecule has 0 unspecified atom stereocenters. The maximum Gasteiger partial charge on any atom is 0.234 e. The normalized spacial score (nSPS) is 21.2. The molecule has 0 aromatic carbocycles. The first-order chi connectivity index (χ1) is 13.7. The number of aromatic nitrogens is 3. The molecule has 2 aliphatic heterocycles. The number of likely N-dealkylation sites (tertiary alicyclic amines) is 1. The fourth-order valence-electron chi connectivity index (χ4n) is 4.41. The molecule has 2 aromatic heterocycles. The summed E-state index contributed by atoms with van der Waals surface area (Å²) >= 11 is 0. The predicted octanol–water partition coefficient (Wildman–Crippen LogP) is 2.02. The summed E-state index contributed by atoms with van der Waals surface area (Å²) < 4.78 is 0. The van der Waals surface area contributed by atoms with Crippen LogP contribution in [0.5, 0.6) is 0 Å². The molecule has 2 N–H and O–H groups in total. The lowest BCUT2D eigenvalue weighted by Gasteiger charge is -2.39. The second-order valence-electron chi connectivity index (χ2n) is 7.65. The number of carbonyl (C=O) groups is 1. The number of hydrogen-bond donors (Lipinski definition) is 1. The third-order valence-corrected chi connectivity index (χ3v) is 5.95. The number of pyridine rings is 1. The Morgan fingerprint density at radius 2 is 1.89 bits per heavy atom. The summed E-state index contributed by atoms with van der Waals surface area (Å²) in [5.41, 5.74) is 7.64. The first-order valence-corrected chi connectivity index (χ1v) is 10.2. The Morgan fingerprint density at radius 3 is 2.57 bits per heavy atom. The van der Waals surface area contributed by atoms with Crippen molar-refractivity contribution in [1.29, 1.82) is 0 Å². The lowest BCUT2D eigenvalue weighted by molar-refractivity contribution is -0.123. The molecule has 2 fully saturated rings. The Kier molecular flexibility index (Phi) is 5.52. The third-order valence-electron chi connectivity index (χ3n) is 5.95. The maximum atomic E-state index is 11.7. The Labute approximate surface area is 166 Å². The number of nitrogens with two attached hydrogens (primary N) is 1. The van der Waals surface area contributed by atoms with E-state index < -0.39 is 0 Å². The van der Waals surface area contributed by atoms with Gasteiger partial charge in [-0.25, -0.2) is 9.97 Å². The van der Waals surface area contributed by atoms with Crippen molar-refractivity contribution in [3.8, 4) is 11.4 Å². The second-order valence-corrected chi connectivity index (χ2v) is 7.65. The van der Waals surface area contributed by atoms with E-state index in [4.69, 9.17) is 15.7 Å². The average molecular weight is 380 g/mol. The highest BCUT2D eigenvalue weighted by Gasteiger charge is 2.35. The van der Waals surface area contributed by atoms with Gasteiger partial charge in [-0.05, 0) is 50.8 Å². The van der Waals surface area contributed by atoms with E-state index in [0.29, 0.717) is 6.04 Å². The smallest absolute Gasteiger partial charge is 0.234 e. The number of nitrogens with zero attached hydrogens (tertiary/aromatic N) is 5. The number of anilines is 1. The molecule has 4 heterocycles. The summed E-state index contributed by atoms with van der Waals surface area (Å²) in [6.45, 7) is 4.97. The highest BCUT2D eigenvalue weighted by atomic mass is 16.1. The predicted molar refractivity (Wildman–Crippen MR) is 109 cm³/mol. The Bertz CT molecular complexity index is 819. The van der Waals surface area contributed by atoms with E-state index in [9.17, 15) is 4.79 Å². The van der Waals surface area contributed by atoms with Crippen LogP contribution in [0.25, 0.3) is 11.4 Å². The minimum Gasteiger partial charge on any atom is -0.368 e. The number of carbonyl (C=O) groups excluding carboxylic acids is 1. The number of amides is 1. The van der Waals surface area contributed by atoms with Crippen LogP contribution in [0.4, 0.5) is 5.82 Å². The van der Waals surface area contributed by atoms with Crippen LogP contribution in [0.3, 0.4) is 0 Å². The van der Waals surface area contributed by atoms with Gasteiger partial charge in [0.05, 0.1) is 6.04 Å². The number of rotatable bonds is 5. The minimum atomic E-state index is -0.176. The summed E-state index contributed by atoms with van der Waals surface area (Å²) in [6.07, 6.45) is 8.44. The molecule has 0 saturated carbocycles. The molecule has 0 aliphatic carbocycles. The Hall–Kier alpha value is -2.54. The second kappa shape index (κ2) is 8.22. The molecule has 7 heteroatoms. The van der Waals surface area contributed by atoms with E-state index in [0.717, 1.165) is 74.6 Å². The van der Waals surface area contributed by atoms with Gasteiger partial charge in [0.1, 0.15) is 5.82 Å². The number of hydrogen-bond acceptors (Lipinski definition) is 6. The first-order valence-electron chi connectivity index (χ1n) is 10.2. The topological polar surface area (TPSA) is 88.2 Å². The van der Waals surface area contributed by atoms with Gasteiger partial charge in [0.15, 0.2) is 5.82 Å². The molecule has 148 valence electrons. The van der Waals surface area contributed by atoms with Crippen LogP contribution in [0.15, 0.2) is 30.6 Å². The van der Waals surface area contributed by atoms with Crippen molar-refractivity contribution in [2.75, 3.05) is 24.5 Å². The van der Waals surface area contributed by atoms with E-state index in [1.165, 1.54) is 0 Å². The number of primary amides is 1. The summed E-state index contributed by atoms with van der Waals surface area (Å²) in [5, 5.41) is 0. The fraction of sp³-hybridized carbons (Fsp3) is 0.524. The van der Waals surface area contributed by atoms with Gasteiger partial charge in [-0.15, -0.1) is 0 Å². The first kappa shape index (κ1) is 18.8. The van der Waals surface area contributed by atoms with Gasteiger partial charge in [-0.3, -0.25) is 14.7 Å². The van der Waals surface area contributed by atoms with E-state index in [-0.39, 0.29) is 11.9 Å². The zero-order valence-electron chi connectivity index (χ0n) is 16.4. The molecule has 0 spiro atoms. The van der Waals surface area contributed by atoms with Gasteiger partial charge < -0.3 is 10.6 Å². The van der Waals surface area contributed by atoms with E-state index >= 15 is 0 Å². The molecular weight excluding hydrogens is 352 g/mol. The highest BCUT2D eigenvalue weighted by molar-refractivity contribution is 5.80. The van der Waals surface area contributed by atoms with Crippen LogP contribution < -0.4 is 10.6 Å². The molecule has 28 heavy (non-hydrogen) atoms. The standard InChI is InChI=1S/C21H28N6O/c1-2-16-14-19(25-21(24-16)15-5-9-23-10-6-15)26-12-7-17(8-13-26)27-11-3-4-18(27)20(22)28/h5-6,9-10,14,17-18H,2-4,7-8,11-13H2,1H3,(H2,22,28)/t18-/m0/s1. The van der Waals surface area contributed by atoms with E-state index in [2.05, 4.69) is 27.8 Å². The summed E-state index contributed by atoms with van der Waals surface area (Å²) in [5.74, 6) is 1.57. The van der Waals surface area contributed by atoms with Crippen LogP contribution in [0, 0.1) is 0 Å². The van der Waals surface area contributed by atoms with Crippen molar-refractivity contribution >= 4 is 11.7 Å². The van der Waals surface area contributed by atoms with Gasteiger partial charge in [0, 0.05) is 48.8 Å². The van der Waals surface area contributed by atoms with Gasteiger partial charge in [-0.2, -0.15) is 0 Å². The molecule has 2 saturated heterocycles. The lowest BCUT2D eigenvalue weighted by Crippen LogP contribution is -2.50. The van der Waals surface area contributed by atoms with Crippen molar-refractivity contribution in [2.24, 2.45) is 5.73 Å². The monoisotopic (exact) mass is 380 g/mol. The molecule has 1 atom stereocenters. The molecule has 1 amide bonds. The Morgan fingerprint density at radius 1 is 1.14 bits per heavy atom. The van der Waals surface area contributed by atoms with Gasteiger partial charge in [0.2, 0.25) is 5.91 Å². The summed E-state index contributed by atoms with van der Waals surface area (Å²) in [6, 6.07) is 6.35. The van der Waals surface area contributed by atoms with Gasteiger partial charge in [-0.1, -0.05) is 6.92 Å². The fourth-order valence-corrected chi connectivity index (χ4v) is 4.41. The van der Waals surface area contributed by atoms with Crippen molar-refractivity contribution in [3.63, 3.8) is 0 Å². The summed E-state index contributed by atoms with van der Waals surface area (Å²) in [7, 11) is 0. The molecule has 4 rings (SSSR count). The van der Waals surface area contributed by atoms with Crippen molar-refractivity contribution < 1.29 is 4.79 Å². The van der Waals surface area contributed by atoms with Crippen LogP contribution in [-0.2, 0) is 11.2 Å². The molecule has 0 radical (unpaired) electrons. The van der Waals surface area contributed by atoms with Crippen molar-refractivity contribution in [3.05, 3.63) is 36.3 Å². The quantitative estimate of drug-likeness (QED) is 0.854. The third kappa shape index (κ3) is 3.85. The number of piperidine rings is 1. The van der Waals surface area contributed by atoms with Gasteiger partial charge >= 0.3 is 0 Å². The van der Waals surface area contributed by atoms with Crippen LogP contribution in [0.2, 0.25) is 0 Å². The van der Waals surface area contributed by atoms with E-state index in [1.807, 2.05) is 12.1 Å². The maximum absolute atomic E-state index is 11.7. The van der Waals surface area contributed by atoms with Gasteiger partial charge in [0.25, 0.3) is 0 Å². The van der Waals surface area contributed by atoms with Crippen molar-refractivity contribution in [2.45, 2.75) is 51.1 Å². The van der Waals surface area contributed by atoms with Crippen LogP contribution in [-0.4, -0.2) is 57.5 Å². The largest absolute Gasteiger partial charge is 0.368 e. The molecule has 2 aromatic rings. The van der Waals surface area contributed by atoms with Crippen LogP contribution in [0.1, 0.15) is 38.3 Å². The highest BCUT2D eigenvalue weighted by Crippen LogP contribution is 2.28.